The van der Waals surface area contributed by atoms with Gasteiger partial charge in [0.05, 0.1) is 0 Å². The Labute approximate surface area is 53.0 Å². The van der Waals surface area contributed by atoms with E-state index in [9.17, 15) is 9.59 Å². The topological polar surface area (TPSA) is 54.4 Å². The fourth-order valence-corrected chi connectivity index (χ4v) is 0.378. The van der Waals surface area contributed by atoms with E-state index in [1.807, 2.05) is 0 Å². The van der Waals surface area contributed by atoms with Crippen LogP contribution in [-0.4, -0.2) is 17.4 Å². The molecule has 0 rings (SSSR count). The maximum absolute atomic E-state index is 9.94. The third-order valence-electron chi connectivity index (χ3n) is 0.868. The molecule has 0 aromatic rings. The number of aldehydes is 1. The second-order valence-electron chi connectivity index (χ2n) is 1.53. The summed E-state index contributed by atoms with van der Waals surface area (Å²) in [7, 11) is 0. The van der Waals surface area contributed by atoms with Gasteiger partial charge in [0.15, 0.2) is 0 Å². The average Bonchev–Trinajstić information content (AvgIpc) is 1.82. The molecular formula is C6H8O3. The van der Waals surface area contributed by atoms with Gasteiger partial charge in [0.25, 0.3) is 0 Å². The number of allylic oxidation sites excluding steroid dienone is 1. The van der Waals surface area contributed by atoms with Crippen molar-refractivity contribution >= 4 is 12.3 Å². The lowest BCUT2D eigenvalue weighted by molar-refractivity contribution is -0.131. The van der Waals surface area contributed by atoms with Crippen LogP contribution in [0.15, 0.2) is 11.6 Å². The number of carbonyl (C=O) groups excluding carboxylic acids is 1. The standard InChI is InChI=1S/C6H8O3/c1-2-5(4-7)3-6(8)9/h3-4H,2H2,1H3,(H,8,9)/b5-3-. The molecule has 0 saturated heterocycles. The van der Waals surface area contributed by atoms with Crippen LogP contribution in [0.3, 0.4) is 0 Å². The summed E-state index contributed by atoms with van der Waals surface area (Å²) >= 11 is 0. The quantitative estimate of drug-likeness (QED) is 0.447. The molecule has 0 bridgehead atoms. The molecule has 0 heterocycles. The second-order valence-corrected chi connectivity index (χ2v) is 1.53. The van der Waals surface area contributed by atoms with Gasteiger partial charge in [-0.2, -0.15) is 0 Å². The van der Waals surface area contributed by atoms with Crippen LogP contribution in [-0.2, 0) is 9.59 Å². The monoisotopic (exact) mass is 128 g/mol. The summed E-state index contributed by atoms with van der Waals surface area (Å²) in [5, 5.41) is 8.11. The van der Waals surface area contributed by atoms with E-state index in [1.54, 1.807) is 6.92 Å². The van der Waals surface area contributed by atoms with Crippen molar-refractivity contribution in [1.82, 2.24) is 0 Å². The molecule has 0 fully saturated rings. The van der Waals surface area contributed by atoms with E-state index >= 15 is 0 Å². The molecule has 9 heavy (non-hydrogen) atoms. The summed E-state index contributed by atoms with van der Waals surface area (Å²) < 4.78 is 0. The van der Waals surface area contributed by atoms with Crippen molar-refractivity contribution in [3.05, 3.63) is 11.6 Å². The Morgan fingerprint density at radius 1 is 1.67 bits per heavy atom. The minimum Gasteiger partial charge on any atom is -0.478 e. The molecule has 0 saturated carbocycles. The molecule has 0 spiro atoms. The summed E-state index contributed by atoms with van der Waals surface area (Å²) in [6.07, 6.45) is 1.93. The SMILES string of the molecule is CC/C(C=O)=C/C(=O)O. The van der Waals surface area contributed by atoms with Crippen molar-refractivity contribution in [2.24, 2.45) is 0 Å². The summed E-state index contributed by atoms with van der Waals surface area (Å²) in [6.45, 7) is 1.73. The summed E-state index contributed by atoms with van der Waals surface area (Å²) in [4.78, 5) is 19.8. The Morgan fingerprint density at radius 3 is 2.33 bits per heavy atom. The van der Waals surface area contributed by atoms with Crippen LogP contribution in [0.5, 0.6) is 0 Å². The highest BCUT2D eigenvalue weighted by atomic mass is 16.4. The van der Waals surface area contributed by atoms with E-state index in [-0.39, 0.29) is 0 Å². The molecular weight excluding hydrogens is 120 g/mol. The van der Waals surface area contributed by atoms with Gasteiger partial charge in [0.2, 0.25) is 0 Å². The van der Waals surface area contributed by atoms with E-state index in [0.29, 0.717) is 18.3 Å². The first kappa shape index (κ1) is 7.88. The van der Waals surface area contributed by atoms with Crippen LogP contribution in [0.25, 0.3) is 0 Å². The van der Waals surface area contributed by atoms with Gasteiger partial charge >= 0.3 is 5.97 Å². The average molecular weight is 128 g/mol. The number of carboxylic acids is 1. The lowest BCUT2D eigenvalue weighted by Crippen LogP contribution is -1.91. The summed E-state index contributed by atoms with van der Waals surface area (Å²) in [6, 6.07) is 0. The molecule has 3 heteroatoms. The Hall–Kier alpha value is -1.12. The maximum atomic E-state index is 9.94. The smallest absolute Gasteiger partial charge is 0.328 e. The van der Waals surface area contributed by atoms with Crippen LogP contribution in [0, 0.1) is 0 Å². The molecule has 1 N–H and O–H groups in total. The first-order valence-electron chi connectivity index (χ1n) is 2.59. The number of carboxylic acid groups (broad SMARTS) is 1. The molecule has 3 nitrogen and oxygen atoms in total. The first-order chi connectivity index (χ1) is 4.20. The Bertz CT molecular complexity index is 146. The molecule has 50 valence electrons. The zero-order valence-corrected chi connectivity index (χ0v) is 5.13. The van der Waals surface area contributed by atoms with Gasteiger partial charge in [-0.15, -0.1) is 0 Å². The molecule has 0 aliphatic rings. The van der Waals surface area contributed by atoms with Gasteiger partial charge in [-0.1, -0.05) is 6.92 Å². The molecule has 0 amide bonds. The largest absolute Gasteiger partial charge is 0.478 e. The van der Waals surface area contributed by atoms with Crippen LogP contribution in [0.4, 0.5) is 0 Å². The van der Waals surface area contributed by atoms with Crippen molar-refractivity contribution in [3.8, 4) is 0 Å². The second kappa shape index (κ2) is 3.83. The molecule has 0 radical (unpaired) electrons. The molecule has 0 aliphatic carbocycles. The van der Waals surface area contributed by atoms with Gasteiger partial charge in [-0.3, -0.25) is 4.79 Å². The van der Waals surface area contributed by atoms with Gasteiger partial charge in [0, 0.05) is 6.08 Å². The Morgan fingerprint density at radius 2 is 2.22 bits per heavy atom. The van der Waals surface area contributed by atoms with E-state index < -0.39 is 5.97 Å². The van der Waals surface area contributed by atoms with Crippen molar-refractivity contribution in [1.29, 1.82) is 0 Å². The maximum Gasteiger partial charge on any atom is 0.328 e. The number of hydrogen-bond donors (Lipinski definition) is 1. The summed E-state index contributed by atoms with van der Waals surface area (Å²) in [5.74, 6) is -1.07. The van der Waals surface area contributed by atoms with Gasteiger partial charge < -0.3 is 5.11 Å². The third-order valence-corrected chi connectivity index (χ3v) is 0.868. The molecule has 0 unspecified atom stereocenters. The lowest BCUT2D eigenvalue weighted by Gasteiger charge is -1.86. The molecule has 0 atom stereocenters. The Balaban J connectivity index is 4.07. The van der Waals surface area contributed by atoms with E-state index in [4.69, 9.17) is 5.11 Å². The van der Waals surface area contributed by atoms with Gasteiger partial charge in [0.1, 0.15) is 6.29 Å². The van der Waals surface area contributed by atoms with Crippen LogP contribution < -0.4 is 0 Å². The van der Waals surface area contributed by atoms with E-state index in [1.165, 1.54) is 0 Å². The van der Waals surface area contributed by atoms with Crippen LogP contribution in [0.1, 0.15) is 13.3 Å². The predicted molar refractivity (Wildman–Crippen MR) is 32.1 cm³/mol. The predicted octanol–water partition coefficient (Wildman–Crippen LogP) is 0.606. The molecule has 0 aromatic heterocycles. The van der Waals surface area contributed by atoms with E-state index in [2.05, 4.69) is 0 Å². The van der Waals surface area contributed by atoms with Crippen molar-refractivity contribution in [2.45, 2.75) is 13.3 Å². The first-order valence-corrected chi connectivity index (χ1v) is 2.59. The third kappa shape index (κ3) is 3.46. The fourth-order valence-electron chi connectivity index (χ4n) is 0.378. The highest BCUT2D eigenvalue weighted by Gasteiger charge is 1.93. The number of carbonyl (C=O) groups is 2. The zero-order chi connectivity index (χ0) is 7.28. The molecule has 0 aliphatic heterocycles. The highest BCUT2D eigenvalue weighted by molar-refractivity contribution is 5.88. The van der Waals surface area contributed by atoms with E-state index in [0.717, 1.165) is 6.08 Å². The number of rotatable bonds is 3. The van der Waals surface area contributed by atoms with Crippen molar-refractivity contribution < 1.29 is 14.7 Å². The number of aliphatic carboxylic acids is 1. The minimum absolute atomic E-state index is 0.308. The lowest BCUT2D eigenvalue weighted by atomic mass is 10.2. The van der Waals surface area contributed by atoms with Crippen LogP contribution in [0.2, 0.25) is 0 Å². The Kier molecular flexibility index (Phi) is 3.35. The highest BCUT2D eigenvalue weighted by Crippen LogP contribution is 1.93. The number of hydrogen-bond acceptors (Lipinski definition) is 2. The van der Waals surface area contributed by atoms with Crippen LogP contribution >= 0.6 is 0 Å². The van der Waals surface area contributed by atoms with Gasteiger partial charge in [-0.25, -0.2) is 4.79 Å². The molecule has 0 aromatic carbocycles. The van der Waals surface area contributed by atoms with Crippen molar-refractivity contribution in [2.75, 3.05) is 0 Å². The van der Waals surface area contributed by atoms with Gasteiger partial charge in [-0.05, 0) is 12.0 Å². The van der Waals surface area contributed by atoms with Crippen molar-refractivity contribution in [3.63, 3.8) is 0 Å². The normalized spacial score (nSPS) is 11.0. The minimum atomic E-state index is -1.07. The zero-order valence-electron chi connectivity index (χ0n) is 5.13. The fraction of sp³-hybridized carbons (Fsp3) is 0.333. The summed E-state index contributed by atoms with van der Waals surface area (Å²) in [5.41, 5.74) is 0.308.